The largest absolute Gasteiger partial charge is 0.508 e. The summed E-state index contributed by atoms with van der Waals surface area (Å²) in [7, 11) is 0. The molecule has 0 saturated heterocycles. The number of amides is 1. The summed E-state index contributed by atoms with van der Waals surface area (Å²) in [5, 5.41) is 27.0. The molecule has 0 fully saturated rings. The number of benzene rings is 2. The van der Waals surface area contributed by atoms with Crippen LogP contribution in [-0.2, 0) is 0 Å². The van der Waals surface area contributed by atoms with Crippen LogP contribution in [0.15, 0.2) is 72.1 Å². The van der Waals surface area contributed by atoms with E-state index >= 15 is 0 Å². The number of carbonyl (C=O) groups excluding carboxylic acids is 1. The summed E-state index contributed by atoms with van der Waals surface area (Å²) >= 11 is 0. The van der Waals surface area contributed by atoms with Crippen molar-refractivity contribution in [1.29, 1.82) is 0 Å². The highest BCUT2D eigenvalue weighted by atomic mass is 16.6. The molecular formula is C22H18N4O4. The number of nitro benzene ring substituents is 1. The first kappa shape index (κ1) is 19.3. The number of pyridine rings is 1. The zero-order chi connectivity index (χ0) is 21.3. The Morgan fingerprint density at radius 1 is 1.17 bits per heavy atom. The lowest BCUT2D eigenvalue weighted by Crippen LogP contribution is -2.27. The first-order valence-corrected chi connectivity index (χ1v) is 9.29. The average molecular weight is 402 g/mol. The van der Waals surface area contributed by atoms with Gasteiger partial charge in [-0.1, -0.05) is 12.1 Å². The number of phenols is 1. The van der Waals surface area contributed by atoms with Gasteiger partial charge in [-0.15, -0.1) is 0 Å². The van der Waals surface area contributed by atoms with Gasteiger partial charge in [0.25, 0.3) is 11.6 Å². The van der Waals surface area contributed by atoms with Crippen LogP contribution in [0.4, 0.5) is 5.69 Å². The van der Waals surface area contributed by atoms with Crippen molar-refractivity contribution in [3.63, 3.8) is 0 Å². The summed E-state index contributed by atoms with van der Waals surface area (Å²) in [6, 6.07) is 14.1. The van der Waals surface area contributed by atoms with Gasteiger partial charge in [0.05, 0.1) is 16.7 Å². The Balaban J connectivity index is 1.76. The zero-order valence-corrected chi connectivity index (χ0v) is 16.1. The van der Waals surface area contributed by atoms with E-state index in [2.05, 4.69) is 10.1 Å². The Bertz CT molecular complexity index is 1160. The van der Waals surface area contributed by atoms with Crippen molar-refractivity contribution in [2.75, 3.05) is 0 Å². The molecule has 0 radical (unpaired) electrons. The summed E-state index contributed by atoms with van der Waals surface area (Å²) in [6.07, 6.45) is 3.45. The molecule has 1 N–H and O–H groups in total. The minimum Gasteiger partial charge on any atom is -0.508 e. The van der Waals surface area contributed by atoms with Crippen molar-refractivity contribution in [3.8, 4) is 5.75 Å². The Hall–Kier alpha value is -4.07. The van der Waals surface area contributed by atoms with Gasteiger partial charge in [-0.05, 0) is 53.9 Å². The number of phenolic OH excluding ortho intramolecular Hbond substituents is 1. The number of hydrogen-bond acceptors (Lipinski definition) is 6. The van der Waals surface area contributed by atoms with Gasteiger partial charge in [-0.3, -0.25) is 19.9 Å². The van der Waals surface area contributed by atoms with Gasteiger partial charge in [0.15, 0.2) is 0 Å². The number of aromatic hydroxyl groups is 1. The van der Waals surface area contributed by atoms with Gasteiger partial charge < -0.3 is 5.11 Å². The first-order valence-electron chi connectivity index (χ1n) is 9.29. The second-order valence-electron chi connectivity index (χ2n) is 7.01. The molecule has 0 bridgehead atoms. The van der Waals surface area contributed by atoms with Crippen LogP contribution in [0.25, 0.3) is 0 Å². The summed E-state index contributed by atoms with van der Waals surface area (Å²) in [5.41, 5.74) is 3.15. The number of nitrogens with zero attached hydrogens (tertiary/aromatic N) is 4. The van der Waals surface area contributed by atoms with Crippen molar-refractivity contribution in [2.45, 2.75) is 19.4 Å². The molecule has 150 valence electrons. The molecule has 30 heavy (non-hydrogen) atoms. The van der Waals surface area contributed by atoms with Gasteiger partial charge in [-0.25, -0.2) is 5.01 Å². The van der Waals surface area contributed by atoms with Crippen LogP contribution in [0.2, 0.25) is 0 Å². The second-order valence-corrected chi connectivity index (χ2v) is 7.01. The molecule has 1 unspecified atom stereocenters. The lowest BCUT2D eigenvalue weighted by Gasteiger charge is -2.22. The quantitative estimate of drug-likeness (QED) is 0.524. The topological polar surface area (TPSA) is 109 Å². The maximum absolute atomic E-state index is 13.2. The molecule has 4 rings (SSSR count). The highest BCUT2D eigenvalue weighted by Gasteiger charge is 2.34. The van der Waals surface area contributed by atoms with Gasteiger partial charge in [-0.2, -0.15) is 5.10 Å². The SMILES string of the molecule is Cc1cc(C2=NN(C(=O)c3ccncc3)C(c3cccc([N+](=O)[O-])c3)C2)ccc1O. The summed E-state index contributed by atoms with van der Waals surface area (Å²) in [6.45, 7) is 1.78. The third-order valence-electron chi connectivity index (χ3n) is 5.04. The van der Waals surface area contributed by atoms with Crippen LogP contribution in [0, 0.1) is 17.0 Å². The molecule has 3 aromatic rings. The number of aromatic nitrogens is 1. The highest BCUT2D eigenvalue weighted by molar-refractivity contribution is 6.05. The van der Waals surface area contributed by atoms with Crippen LogP contribution in [-0.4, -0.2) is 31.6 Å². The van der Waals surface area contributed by atoms with Crippen LogP contribution >= 0.6 is 0 Å². The van der Waals surface area contributed by atoms with Crippen molar-refractivity contribution in [1.82, 2.24) is 9.99 Å². The van der Waals surface area contributed by atoms with E-state index in [1.54, 1.807) is 49.4 Å². The molecule has 0 aliphatic carbocycles. The summed E-state index contributed by atoms with van der Waals surface area (Å²) in [5.74, 6) is -0.142. The van der Waals surface area contributed by atoms with Crippen LogP contribution in [0.3, 0.4) is 0 Å². The van der Waals surface area contributed by atoms with E-state index in [0.29, 0.717) is 28.8 Å². The standard InChI is InChI=1S/C22H18N4O4/c1-14-11-16(5-6-21(14)27)19-13-20(17-3-2-4-18(12-17)26(29)30)25(24-19)22(28)15-7-9-23-10-8-15/h2-12,20,27H,13H2,1H3. The Kier molecular flexibility index (Phi) is 4.97. The minimum atomic E-state index is -0.491. The van der Waals surface area contributed by atoms with E-state index in [9.17, 15) is 20.0 Å². The minimum absolute atomic E-state index is 0.0438. The lowest BCUT2D eigenvalue weighted by atomic mass is 9.97. The van der Waals surface area contributed by atoms with Crippen molar-refractivity contribution < 1.29 is 14.8 Å². The van der Waals surface area contributed by atoms with Crippen molar-refractivity contribution >= 4 is 17.3 Å². The molecule has 1 aromatic heterocycles. The molecule has 8 nitrogen and oxygen atoms in total. The molecule has 0 saturated carbocycles. The molecule has 2 aromatic carbocycles. The Morgan fingerprint density at radius 3 is 2.63 bits per heavy atom. The third-order valence-corrected chi connectivity index (χ3v) is 5.04. The number of non-ortho nitro benzene ring substituents is 1. The van der Waals surface area contributed by atoms with Gasteiger partial charge in [0, 0.05) is 36.5 Å². The maximum Gasteiger partial charge on any atom is 0.274 e. The molecule has 1 aliphatic heterocycles. The number of rotatable bonds is 4. The Labute approximate surface area is 172 Å². The average Bonchev–Trinajstić information content (AvgIpc) is 3.21. The normalized spacial score (nSPS) is 15.7. The number of nitro groups is 1. The third kappa shape index (κ3) is 3.62. The number of hydrogen-bond donors (Lipinski definition) is 1. The summed E-state index contributed by atoms with van der Waals surface area (Å²) < 4.78 is 0. The van der Waals surface area contributed by atoms with E-state index in [-0.39, 0.29) is 17.3 Å². The van der Waals surface area contributed by atoms with Crippen molar-refractivity contribution in [3.05, 3.63) is 99.4 Å². The number of carbonyl (C=O) groups is 1. The van der Waals surface area contributed by atoms with Crippen LogP contribution < -0.4 is 0 Å². The fraction of sp³-hybridized carbons (Fsp3) is 0.136. The predicted octanol–water partition coefficient (Wildman–Crippen LogP) is 4.00. The molecule has 1 amide bonds. The first-order chi connectivity index (χ1) is 14.4. The smallest absolute Gasteiger partial charge is 0.274 e. The highest BCUT2D eigenvalue weighted by Crippen LogP contribution is 2.35. The van der Waals surface area contributed by atoms with Gasteiger partial charge >= 0.3 is 0 Å². The fourth-order valence-electron chi connectivity index (χ4n) is 3.44. The number of hydrazone groups is 1. The van der Waals surface area contributed by atoms with Crippen LogP contribution in [0.5, 0.6) is 5.75 Å². The van der Waals surface area contributed by atoms with Gasteiger partial charge in [0.1, 0.15) is 5.75 Å². The van der Waals surface area contributed by atoms with E-state index in [0.717, 1.165) is 5.56 Å². The lowest BCUT2D eigenvalue weighted by molar-refractivity contribution is -0.384. The van der Waals surface area contributed by atoms with Gasteiger partial charge in [0.2, 0.25) is 0 Å². The van der Waals surface area contributed by atoms with E-state index < -0.39 is 11.0 Å². The molecule has 8 heteroatoms. The molecule has 2 heterocycles. The van der Waals surface area contributed by atoms with E-state index in [4.69, 9.17) is 0 Å². The molecular weight excluding hydrogens is 384 g/mol. The van der Waals surface area contributed by atoms with E-state index in [1.165, 1.54) is 29.5 Å². The maximum atomic E-state index is 13.2. The molecule has 1 atom stereocenters. The second kappa shape index (κ2) is 7.75. The van der Waals surface area contributed by atoms with Crippen molar-refractivity contribution in [2.24, 2.45) is 5.10 Å². The molecule has 0 spiro atoms. The zero-order valence-electron chi connectivity index (χ0n) is 16.1. The van der Waals surface area contributed by atoms with E-state index in [1.807, 2.05) is 0 Å². The van der Waals surface area contributed by atoms with Crippen LogP contribution in [0.1, 0.15) is 39.5 Å². The summed E-state index contributed by atoms with van der Waals surface area (Å²) in [4.78, 5) is 27.9. The number of aryl methyl sites for hydroxylation is 1. The predicted molar refractivity (Wildman–Crippen MR) is 110 cm³/mol. The monoisotopic (exact) mass is 402 g/mol. The fourth-order valence-corrected chi connectivity index (χ4v) is 3.44. The Morgan fingerprint density at radius 2 is 1.93 bits per heavy atom. The molecule has 1 aliphatic rings.